The second-order valence-corrected chi connectivity index (χ2v) is 5.02. The molecule has 0 aliphatic heterocycles. The van der Waals surface area contributed by atoms with E-state index in [1.54, 1.807) is 40.8 Å². The molecular formula is C12H13N3O2Si. The average molecular weight is 259 g/mol. The molecule has 1 N–H and O–H groups in total. The molecular weight excluding hydrogens is 246 g/mol. The van der Waals surface area contributed by atoms with E-state index in [0.717, 1.165) is 0 Å². The number of nitrogens with zero attached hydrogens (tertiary/aromatic N) is 2. The van der Waals surface area contributed by atoms with Crippen LogP contribution < -0.4 is 11.0 Å². The van der Waals surface area contributed by atoms with E-state index < -0.39 is 9.68 Å². The van der Waals surface area contributed by atoms with Gasteiger partial charge < -0.3 is 9.55 Å². The van der Waals surface area contributed by atoms with Crippen molar-refractivity contribution in [2.24, 2.45) is 0 Å². The molecule has 1 heterocycles. The van der Waals surface area contributed by atoms with E-state index in [2.05, 4.69) is 10.3 Å². The van der Waals surface area contributed by atoms with Gasteiger partial charge in [0.1, 0.15) is 15.5 Å². The summed E-state index contributed by atoms with van der Waals surface area (Å²) >= 11 is 0. The third-order valence-electron chi connectivity index (χ3n) is 2.49. The number of carbonyl (C=O) groups is 1. The third kappa shape index (κ3) is 2.72. The van der Waals surface area contributed by atoms with Crippen molar-refractivity contribution in [1.82, 2.24) is 9.22 Å². The topological polar surface area (TPSA) is 64.0 Å². The molecule has 5 nitrogen and oxygen atoms in total. The zero-order valence-electron chi connectivity index (χ0n) is 9.96. The Morgan fingerprint density at radius 1 is 1.28 bits per heavy atom. The maximum absolute atomic E-state index is 11.8. The fourth-order valence-corrected chi connectivity index (χ4v) is 2.17. The Morgan fingerprint density at radius 2 is 2.00 bits per heavy atom. The molecule has 0 radical (unpaired) electrons. The number of anilines is 1. The van der Waals surface area contributed by atoms with E-state index in [9.17, 15) is 9.59 Å². The molecule has 0 saturated carbocycles. The predicted octanol–water partition coefficient (Wildman–Crippen LogP) is 0.476. The van der Waals surface area contributed by atoms with E-state index in [-0.39, 0.29) is 17.4 Å². The number of amides is 1. The summed E-state index contributed by atoms with van der Waals surface area (Å²) in [5, 5.41) is 2.60. The van der Waals surface area contributed by atoms with Gasteiger partial charge in [0.05, 0.1) is 0 Å². The van der Waals surface area contributed by atoms with Crippen LogP contribution in [0, 0.1) is 0 Å². The molecule has 2 aromatic rings. The van der Waals surface area contributed by atoms with Gasteiger partial charge in [-0.1, -0.05) is 24.7 Å². The highest BCUT2D eigenvalue weighted by molar-refractivity contribution is 6.31. The van der Waals surface area contributed by atoms with Crippen LogP contribution in [0.3, 0.4) is 0 Å². The lowest BCUT2D eigenvalue weighted by atomic mass is 10.2. The SMILES string of the molecule is C[SiH2]n1ccc(NC(=O)c2ccccc2)nc1=O. The molecule has 0 unspecified atom stereocenters. The Hall–Kier alpha value is -2.21. The fourth-order valence-electron chi connectivity index (χ4n) is 1.52. The average Bonchev–Trinajstić information content (AvgIpc) is 2.40. The second kappa shape index (κ2) is 5.41. The summed E-state index contributed by atoms with van der Waals surface area (Å²) in [5.41, 5.74) is 0.225. The zero-order chi connectivity index (χ0) is 13.0. The summed E-state index contributed by atoms with van der Waals surface area (Å²) in [4.78, 5) is 27.2. The Bertz CT molecular complexity index is 610. The van der Waals surface area contributed by atoms with Gasteiger partial charge in [-0.25, -0.2) is 4.79 Å². The van der Waals surface area contributed by atoms with Crippen LogP contribution >= 0.6 is 0 Å². The Labute approximate surface area is 106 Å². The molecule has 0 saturated heterocycles. The number of nitrogens with one attached hydrogen (secondary N) is 1. The molecule has 0 spiro atoms. The first-order valence-electron chi connectivity index (χ1n) is 5.64. The van der Waals surface area contributed by atoms with Crippen LogP contribution in [0.2, 0.25) is 6.55 Å². The zero-order valence-corrected chi connectivity index (χ0v) is 11.4. The van der Waals surface area contributed by atoms with E-state index >= 15 is 0 Å². The van der Waals surface area contributed by atoms with Crippen LogP contribution in [0.25, 0.3) is 0 Å². The first kappa shape index (κ1) is 12.2. The molecule has 92 valence electrons. The van der Waals surface area contributed by atoms with Gasteiger partial charge in [0.15, 0.2) is 0 Å². The minimum absolute atomic E-state index is 0.269. The molecule has 1 aromatic carbocycles. The lowest BCUT2D eigenvalue weighted by Gasteiger charge is -2.05. The number of hydrogen-bond acceptors (Lipinski definition) is 3. The van der Waals surface area contributed by atoms with Gasteiger partial charge in [0.2, 0.25) is 0 Å². The first-order valence-corrected chi connectivity index (χ1v) is 7.69. The van der Waals surface area contributed by atoms with Crippen molar-refractivity contribution in [3.05, 3.63) is 58.6 Å². The van der Waals surface area contributed by atoms with E-state index in [1.165, 1.54) is 0 Å². The maximum Gasteiger partial charge on any atom is 0.341 e. The number of rotatable bonds is 3. The molecule has 6 heteroatoms. The highest BCUT2D eigenvalue weighted by Gasteiger charge is 2.06. The lowest BCUT2D eigenvalue weighted by molar-refractivity contribution is 0.102. The molecule has 0 atom stereocenters. The molecule has 0 fully saturated rings. The van der Waals surface area contributed by atoms with Gasteiger partial charge in [-0.2, -0.15) is 4.98 Å². The standard InChI is InChI=1S/C12H13N3O2Si/c1-18-15-8-7-10(14-12(15)17)13-11(16)9-5-3-2-4-6-9/h2-8H,18H2,1H3,(H,13,14,16,17). The largest absolute Gasteiger partial charge is 0.341 e. The fraction of sp³-hybridized carbons (Fsp3) is 0.0833. The summed E-state index contributed by atoms with van der Waals surface area (Å²) in [7, 11) is -0.602. The molecule has 0 aliphatic carbocycles. The third-order valence-corrected chi connectivity index (χ3v) is 3.66. The van der Waals surface area contributed by atoms with Gasteiger partial charge >= 0.3 is 5.69 Å². The van der Waals surface area contributed by atoms with Gasteiger partial charge in [-0.05, 0) is 18.2 Å². The second-order valence-electron chi connectivity index (χ2n) is 3.70. The van der Waals surface area contributed by atoms with Gasteiger partial charge in [0, 0.05) is 11.8 Å². The molecule has 1 amide bonds. The monoisotopic (exact) mass is 259 g/mol. The molecule has 0 bridgehead atoms. The van der Waals surface area contributed by atoms with Crippen molar-refractivity contribution in [3.8, 4) is 0 Å². The Balaban J connectivity index is 2.18. The summed E-state index contributed by atoms with van der Waals surface area (Å²) in [6, 6.07) is 10.4. The summed E-state index contributed by atoms with van der Waals surface area (Å²) in [6.45, 7) is 1.99. The van der Waals surface area contributed by atoms with Crippen molar-refractivity contribution in [2.75, 3.05) is 5.32 Å². The summed E-state index contributed by atoms with van der Waals surface area (Å²) in [6.07, 6.45) is 1.67. The minimum atomic E-state index is -0.602. The highest BCUT2D eigenvalue weighted by atomic mass is 28.2. The van der Waals surface area contributed by atoms with Crippen molar-refractivity contribution < 1.29 is 4.79 Å². The van der Waals surface area contributed by atoms with Gasteiger partial charge in [-0.3, -0.25) is 4.79 Å². The van der Waals surface area contributed by atoms with Crippen LogP contribution in [-0.2, 0) is 0 Å². The Kier molecular flexibility index (Phi) is 3.68. The summed E-state index contributed by atoms with van der Waals surface area (Å²) in [5.74, 6) is 0.0153. The van der Waals surface area contributed by atoms with Crippen LogP contribution in [0.15, 0.2) is 47.4 Å². The predicted molar refractivity (Wildman–Crippen MR) is 72.7 cm³/mol. The molecule has 1 aromatic heterocycles. The number of aromatic nitrogens is 2. The Morgan fingerprint density at radius 3 is 2.61 bits per heavy atom. The quantitative estimate of drug-likeness (QED) is 0.815. The van der Waals surface area contributed by atoms with Crippen LogP contribution in [0.1, 0.15) is 10.4 Å². The van der Waals surface area contributed by atoms with Crippen molar-refractivity contribution in [3.63, 3.8) is 0 Å². The number of benzene rings is 1. The molecule has 0 aliphatic rings. The van der Waals surface area contributed by atoms with Crippen molar-refractivity contribution in [2.45, 2.75) is 6.55 Å². The van der Waals surface area contributed by atoms with Crippen LogP contribution in [0.4, 0.5) is 5.82 Å². The smallest absolute Gasteiger partial charge is 0.333 e. The minimum Gasteiger partial charge on any atom is -0.333 e. The first-order chi connectivity index (χ1) is 8.70. The van der Waals surface area contributed by atoms with E-state index in [0.29, 0.717) is 5.56 Å². The lowest BCUT2D eigenvalue weighted by Crippen LogP contribution is -2.26. The van der Waals surface area contributed by atoms with E-state index in [1.807, 2.05) is 12.6 Å². The number of hydrogen-bond donors (Lipinski definition) is 1. The van der Waals surface area contributed by atoms with Gasteiger partial charge in [-0.15, -0.1) is 0 Å². The molecule has 2 rings (SSSR count). The van der Waals surface area contributed by atoms with Crippen molar-refractivity contribution >= 4 is 21.4 Å². The number of carbonyl (C=O) groups excluding carboxylic acids is 1. The molecule has 18 heavy (non-hydrogen) atoms. The van der Waals surface area contributed by atoms with Crippen molar-refractivity contribution in [1.29, 1.82) is 0 Å². The van der Waals surface area contributed by atoms with E-state index in [4.69, 9.17) is 0 Å². The van der Waals surface area contributed by atoms with Gasteiger partial charge in [0.25, 0.3) is 5.91 Å². The normalized spacial score (nSPS) is 10.7. The van der Waals surface area contributed by atoms with Crippen LogP contribution in [0.5, 0.6) is 0 Å². The maximum atomic E-state index is 11.8. The summed E-state index contributed by atoms with van der Waals surface area (Å²) < 4.78 is 1.60. The van der Waals surface area contributed by atoms with Crippen LogP contribution in [-0.4, -0.2) is 24.8 Å². The highest BCUT2D eigenvalue weighted by Crippen LogP contribution is 2.03.